The minimum atomic E-state index is -0.194. The third kappa shape index (κ3) is 3.51. The molecule has 1 atom stereocenters. The van der Waals surface area contributed by atoms with Crippen LogP contribution in [0.25, 0.3) is 0 Å². The number of guanidine groups is 1. The number of rotatable bonds is 5. The molecule has 1 aliphatic carbocycles. The molecule has 1 aliphatic rings. The van der Waals surface area contributed by atoms with Crippen molar-refractivity contribution in [3.63, 3.8) is 0 Å². The highest BCUT2D eigenvalue weighted by Crippen LogP contribution is 2.33. The molecule has 0 bridgehead atoms. The monoisotopic (exact) mass is 275 g/mol. The molecular weight excluding hydrogens is 250 g/mol. The molecule has 4 nitrogen and oxygen atoms in total. The highest BCUT2D eigenvalue weighted by atomic mass is 16.5. The molecule has 2 N–H and O–H groups in total. The molecule has 0 radical (unpaired) electrons. The molecule has 0 heterocycles. The number of nitrogens with one attached hydrogen (secondary N) is 2. The van der Waals surface area contributed by atoms with Crippen LogP contribution in [-0.2, 0) is 11.2 Å². The molecule has 4 heteroatoms. The van der Waals surface area contributed by atoms with Crippen LogP contribution in [0.2, 0.25) is 0 Å². The van der Waals surface area contributed by atoms with Crippen molar-refractivity contribution in [2.24, 2.45) is 4.99 Å². The molecule has 1 aromatic carbocycles. The van der Waals surface area contributed by atoms with Gasteiger partial charge in [0.2, 0.25) is 0 Å². The summed E-state index contributed by atoms with van der Waals surface area (Å²) < 4.78 is 5.39. The van der Waals surface area contributed by atoms with E-state index in [2.05, 4.69) is 53.7 Å². The van der Waals surface area contributed by atoms with E-state index in [1.54, 1.807) is 14.2 Å². The second kappa shape index (κ2) is 6.27. The molecule has 0 spiro atoms. The summed E-state index contributed by atoms with van der Waals surface area (Å²) in [5.41, 5.74) is 2.75. The average Bonchev–Trinajstić information content (AvgIpc) is 2.43. The van der Waals surface area contributed by atoms with Gasteiger partial charge in [-0.25, -0.2) is 0 Å². The Kier molecular flexibility index (Phi) is 4.65. The van der Waals surface area contributed by atoms with Crippen LogP contribution in [0, 0.1) is 0 Å². The maximum Gasteiger partial charge on any atom is 0.191 e. The van der Waals surface area contributed by atoms with Gasteiger partial charge in [0.15, 0.2) is 5.96 Å². The van der Waals surface area contributed by atoms with Crippen molar-refractivity contribution < 1.29 is 4.74 Å². The maximum atomic E-state index is 5.39. The van der Waals surface area contributed by atoms with Crippen molar-refractivity contribution >= 4 is 5.96 Å². The van der Waals surface area contributed by atoms with E-state index in [1.807, 2.05) is 0 Å². The predicted octanol–water partition coefficient (Wildman–Crippen LogP) is 1.92. The Labute approximate surface area is 121 Å². The van der Waals surface area contributed by atoms with Crippen LogP contribution < -0.4 is 10.6 Å². The smallest absolute Gasteiger partial charge is 0.191 e. The van der Waals surface area contributed by atoms with Crippen LogP contribution in [0.1, 0.15) is 30.9 Å². The molecule has 2 rings (SSSR count). The lowest BCUT2D eigenvalue weighted by atomic mass is 9.78. The highest BCUT2D eigenvalue weighted by Gasteiger charge is 2.25. The Morgan fingerprint density at radius 2 is 2.10 bits per heavy atom. The van der Waals surface area contributed by atoms with Gasteiger partial charge in [0.05, 0.1) is 5.60 Å². The third-order valence-corrected chi connectivity index (χ3v) is 3.93. The largest absolute Gasteiger partial charge is 0.377 e. The van der Waals surface area contributed by atoms with Crippen LogP contribution in [0.3, 0.4) is 0 Å². The number of nitrogens with zero attached hydrogens (tertiary/aromatic N) is 1. The van der Waals surface area contributed by atoms with E-state index in [0.717, 1.165) is 25.5 Å². The van der Waals surface area contributed by atoms with Crippen molar-refractivity contribution in [2.75, 3.05) is 27.2 Å². The molecule has 0 saturated heterocycles. The number of methoxy groups -OCH3 is 1. The molecule has 1 aromatic rings. The summed E-state index contributed by atoms with van der Waals surface area (Å²) in [4.78, 5) is 4.25. The second-order valence-corrected chi connectivity index (χ2v) is 5.87. The molecule has 20 heavy (non-hydrogen) atoms. The van der Waals surface area contributed by atoms with Crippen molar-refractivity contribution in [1.82, 2.24) is 10.6 Å². The molecular formula is C16H25N3O. The Bertz CT molecular complexity index is 482. The first-order chi connectivity index (χ1) is 9.55. The summed E-state index contributed by atoms with van der Waals surface area (Å²) in [5.74, 6) is 1.43. The standard InChI is InChI=1S/C16H25N3O/c1-16(2,20-4)11-19-15(17-3)18-10-13-9-12-7-5-6-8-14(12)13/h5-8,13H,9-11H2,1-4H3,(H2,17,18,19). The van der Waals surface area contributed by atoms with Crippen molar-refractivity contribution in [1.29, 1.82) is 0 Å². The summed E-state index contributed by atoms with van der Waals surface area (Å²) in [6.07, 6.45) is 1.16. The fourth-order valence-corrected chi connectivity index (χ4v) is 2.35. The van der Waals surface area contributed by atoms with Crippen LogP contribution in [0.15, 0.2) is 29.3 Å². The molecule has 0 amide bonds. The third-order valence-electron chi connectivity index (χ3n) is 3.93. The van der Waals surface area contributed by atoms with E-state index in [1.165, 1.54) is 11.1 Å². The number of hydrogen-bond acceptors (Lipinski definition) is 2. The Hall–Kier alpha value is -1.55. The predicted molar refractivity (Wildman–Crippen MR) is 83.3 cm³/mol. The van der Waals surface area contributed by atoms with Crippen LogP contribution in [0.4, 0.5) is 0 Å². The van der Waals surface area contributed by atoms with Crippen molar-refractivity contribution in [2.45, 2.75) is 31.8 Å². The van der Waals surface area contributed by atoms with Crippen molar-refractivity contribution in [3.05, 3.63) is 35.4 Å². The van der Waals surface area contributed by atoms with E-state index in [9.17, 15) is 0 Å². The molecule has 0 fully saturated rings. The second-order valence-electron chi connectivity index (χ2n) is 5.87. The zero-order valence-electron chi connectivity index (χ0n) is 12.9. The number of benzene rings is 1. The van der Waals surface area contributed by atoms with Gasteiger partial charge >= 0.3 is 0 Å². The molecule has 1 unspecified atom stereocenters. The zero-order chi connectivity index (χ0) is 14.6. The normalized spacial score (nSPS) is 18.2. The summed E-state index contributed by atoms with van der Waals surface area (Å²) >= 11 is 0. The Morgan fingerprint density at radius 1 is 1.35 bits per heavy atom. The van der Waals surface area contributed by atoms with Gasteiger partial charge in [-0.3, -0.25) is 4.99 Å². The lowest BCUT2D eigenvalue weighted by molar-refractivity contribution is 0.0268. The Morgan fingerprint density at radius 3 is 2.75 bits per heavy atom. The topological polar surface area (TPSA) is 45.7 Å². The minimum absolute atomic E-state index is 0.194. The van der Waals surface area contributed by atoms with Gasteiger partial charge < -0.3 is 15.4 Å². The van der Waals surface area contributed by atoms with Crippen LogP contribution in [0.5, 0.6) is 0 Å². The van der Waals surface area contributed by atoms with Gasteiger partial charge in [0.25, 0.3) is 0 Å². The van der Waals surface area contributed by atoms with Gasteiger partial charge in [0, 0.05) is 33.2 Å². The van der Waals surface area contributed by atoms with Gasteiger partial charge in [-0.1, -0.05) is 24.3 Å². The summed E-state index contributed by atoms with van der Waals surface area (Å²) in [5, 5.41) is 6.69. The van der Waals surface area contributed by atoms with Crippen LogP contribution >= 0.6 is 0 Å². The summed E-state index contributed by atoms with van der Waals surface area (Å²) in [6, 6.07) is 8.64. The first-order valence-corrected chi connectivity index (χ1v) is 7.13. The Balaban J connectivity index is 1.79. The van der Waals surface area contributed by atoms with Crippen molar-refractivity contribution in [3.8, 4) is 0 Å². The highest BCUT2D eigenvalue weighted by molar-refractivity contribution is 5.79. The lowest BCUT2D eigenvalue weighted by Crippen LogP contribution is -2.46. The number of hydrogen-bond donors (Lipinski definition) is 2. The van der Waals surface area contributed by atoms with E-state index >= 15 is 0 Å². The van der Waals surface area contributed by atoms with E-state index in [-0.39, 0.29) is 5.60 Å². The zero-order valence-corrected chi connectivity index (χ0v) is 12.9. The van der Waals surface area contributed by atoms with E-state index < -0.39 is 0 Å². The molecule has 0 aliphatic heterocycles. The van der Waals surface area contributed by atoms with Gasteiger partial charge in [0.1, 0.15) is 0 Å². The number of ether oxygens (including phenoxy) is 1. The maximum absolute atomic E-state index is 5.39. The average molecular weight is 275 g/mol. The quantitative estimate of drug-likeness (QED) is 0.637. The fourth-order valence-electron chi connectivity index (χ4n) is 2.35. The number of fused-ring (bicyclic) bond motifs is 1. The first kappa shape index (κ1) is 14.9. The van der Waals surface area contributed by atoms with Gasteiger partial charge in [-0.2, -0.15) is 0 Å². The molecule has 0 saturated carbocycles. The van der Waals surface area contributed by atoms with Gasteiger partial charge in [-0.15, -0.1) is 0 Å². The summed E-state index contributed by atoms with van der Waals surface area (Å²) in [7, 11) is 3.52. The van der Waals surface area contributed by atoms with E-state index in [4.69, 9.17) is 4.74 Å². The van der Waals surface area contributed by atoms with Gasteiger partial charge in [-0.05, 0) is 31.4 Å². The van der Waals surface area contributed by atoms with Crippen LogP contribution in [-0.4, -0.2) is 38.8 Å². The SMILES string of the molecule is CN=C(NCC1Cc2ccccc21)NCC(C)(C)OC. The first-order valence-electron chi connectivity index (χ1n) is 7.13. The minimum Gasteiger partial charge on any atom is -0.377 e. The molecule has 0 aromatic heterocycles. The summed E-state index contributed by atoms with van der Waals surface area (Å²) in [6.45, 7) is 5.75. The van der Waals surface area contributed by atoms with E-state index in [0.29, 0.717) is 5.92 Å². The molecule has 110 valence electrons. The lowest BCUT2D eigenvalue weighted by Gasteiger charge is -2.31. The number of aliphatic imine (C=N–C) groups is 1. The fraction of sp³-hybridized carbons (Fsp3) is 0.562.